The van der Waals surface area contributed by atoms with Gasteiger partial charge in [-0.1, -0.05) is 6.92 Å². The Labute approximate surface area is 97.7 Å². The third-order valence-corrected chi connectivity index (χ3v) is 2.92. The van der Waals surface area contributed by atoms with E-state index < -0.39 is 0 Å². The molecular weight excluding hydrogens is 228 g/mol. The molecule has 0 aliphatic carbocycles. The molecule has 1 aliphatic heterocycles. The van der Waals surface area contributed by atoms with Gasteiger partial charge in [-0.25, -0.2) is 10.0 Å². The maximum Gasteiger partial charge on any atom is 0.265 e. The van der Waals surface area contributed by atoms with Crippen LogP contribution in [0.15, 0.2) is 0 Å². The molecule has 1 aromatic heterocycles. The lowest BCUT2D eigenvalue weighted by Gasteiger charge is -2.13. The number of hydrogen-bond acceptors (Lipinski definition) is 6. The first kappa shape index (κ1) is 11.3. The number of nitrogens with zero attached hydrogens (tertiary/aromatic N) is 3. The molecular formula is C9H14N4O2S. The Balaban J connectivity index is 1.80. The summed E-state index contributed by atoms with van der Waals surface area (Å²) in [7, 11) is 0. The van der Waals surface area contributed by atoms with Crippen molar-refractivity contribution in [1.29, 1.82) is 0 Å². The zero-order valence-electron chi connectivity index (χ0n) is 9.10. The molecule has 1 fully saturated rings. The summed E-state index contributed by atoms with van der Waals surface area (Å²) in [6, 6.07) is 0. The van der Waals surface area contributed by atoms with E-state index >= 15 is 0 Å². The van der Waals surface area contributed by atoms with Crippen molar-refractivity contribution in [1.82, 2.24) is 14.4 Å². The normalized spacial score (nSPS) is 15.4. The number of amides is 1. The highest BCUT2D eigenvalue weighted by atomic mass is 32.1. The molecule has 0 saturated carbocycles. The fourth-order valence-corrected chi connectivity index (χ4v) is 2.00. The lowest BCUT2D eigenvalue weighted by Crippen LogP contribution is -2.32. The minimum atomic E-state index is -0.0641. The second-order valence-electron chi connectivity index (χ2n) is 3.41. The van der Waals surface area contributed by atoms with E-state index in [4.69, 9.17) is 4.84 Å². The Morgan fingerprint density at radius 2 is 2.56 bits per heavy atom. The molecule has 2 heterocycles. The maximum absolute atomic E-state index is 11.6. The number of carbonyl (C=O) groups excluding carboxylic acids is 1. The van der Waals surface area contributed by atoms with E-state index in [1.54, 1.807) is 0 Å². The van der Waals surface area contributed by atoms with E-state index in [0.29, 0.717) is 18.3 Å². The van der Waals surface area contributed by atoms with Crippen LogP contribution in [0.4, 0.5) is 5.13 Å². The molecule has 16 heavy (non-hydrogen) atoms. The predicted molar refractivity (Wildman–Crippen MR) is 60.1 cm³/mol. The Hall–Kier alpha value is -1.21. The van der Waals surface area contributed by atoms with E-state index in [2.05, 4.69) is 14.7 Å². The minimum Gasteiger partial charge on any atom is -0.351 e. The van der Waals surface area contributed by atoms with Gasteiger partial charge in [0.25, 0.3) is 5.91 Å². The number of nitrogens with one attached hydrogen (secondary N) is 1. The zero-order chi connectivity index (χ0) is 11.4. The first-order valence-corrected chi connectivity index (χ1v) is 6.06. The van der Waals surface area contributed by atoms with Crippen LogP contribution >= 0.6 is 11.5 Å². The average molecular weight is 242 g/mol. The fraction of sp³-hybridized carbons (Fsp3) is 0.667. The van der Waals surface area contributed by atoms with Gasteiger partial charge in [0.2, 0.25) is 5.13 Å². The van der Waals surface area contributed by atoms with Gasteiger partial charge in [0.15, 0.2) is 0 Å². The summed E-state index contributed by atoms with van der Waals surface area (Å²) in [5.74, 6) is 0.739. The number of hydrogen-bond donors (Lipinski definition) is 1. The van der Waals surface area contributed by atoms with Crippen molar-refractivity contribution in [2.75, 3.05) is 25.0 Å². The molecule has 0 atom stereocenters. The zero-order valence-corrected chi connectivity index (χ0v) is 9.92. The van der Waals surface area contributed by atoms with Gasteiger partial charge in [-0.05, 0) is 6.42 Å². The van der Waals surface area contributed by atoms with E-state index in [1.807, 2.05) is 6.92 Å². The van der Waals surface area contributed by atoms with Crippen LogP contribution in [0.1, 0.15) is 19.2 Å². The SMILES string of the molecule is CCc1nsc(NCC(=O)N2CCCO2)n1. The molecule has 1 saturated heterocycles. The van der Waals surface area contributed by atoms with Crippen LogP contribution in [-0.4, -0.2) is 40.0 Å². The van der Waals surface area contributed by atoms with Gasteiger partial charge in [0.1, 0.15) is 5.82 Å². The van der Waals surface area contributed by atoms with Gasteiger partial charge in [0, 0.05) is 18.0 Å². The van der Waals surface area contributed by atoms with Gasteiger partial charge in [-0.2, -0.15) is 4.37 Å². The quantitative estimate of drug-likeness (QED) is 0.840. The van der Waals surface area contributed by atoms with E-state index in [0.717, 1.165) is 18.7 Å². The number of aromatic nitrogens is 2. The minimum absolute atomic E-state index is 0.0641. The van der Waals surface area contributed by atoms with Crippen molar-refractivity contribution in [2.45, 2.75) is 19.8 Å². The lowest BCUT2D eigenvalue weighted by atomic mass is 10.4. The van der Waals surface area contributed by atoms with Crippen molar-refractivity contribution in [2.24, 2.45) is 0 Å². The Kier molecular flexibility index (Phi) is 3.68. The first-order chi connectivity index (χ1) is 7.79. The summed E-state index contributed by atoms with van der Waals surface area (Å²) >= 11 is 1.27. The molecule has 0 spiro atoms. The van der Waals surface area contributed by atoms with Crippen molar-refractivity contribution in [3.63, 3.8) is 0 Å². The lowest BCUT2D eigenvalue weighted by molar-refractivity contribution is -0.166. The van der Waals surface area contributed by atoms with E-state index in [9.17, 15) is 4.79 Å². The Morgan fingerprint density at radius 3 is 3.19 bits per heavy atom. The molecule has 1 amide bonds. The second kappa shape index (κ2) is 5.22. The largest absolute Gasteiger partial charge is 0.351 e. The molecule has 7 heteroatoms. The molecule has 0 unspecified atom stereocenters. The van der Waals surface area contributed by atoms with Gasteiger partial charge in [-0.3, -0.25) is 9.63 Å². The van der Waals surface area contributed by atoms with E-state index in [-0.39, 0.29) is 12.5 Å². The smallest absolute Gasteiger partial charge is 0.265 e. The molecule has 1 N–H and O–H groups in total. The van der Waals surface area contributed by atoms with Crippen LogP contribution in [0.2, 0.25) is 0 Å². The van der Waals surface area contributed by atoms with Gasteiger partial charge in [0.05, 0.1) is 19.7 Å². The highest BCUT2D eigenvalue weighted by Crippen LogP contribution is 2.11. The standard InChI is InChI=1S/C9H14N4O2S/c1-2-7-11-9(16-12-7)10-6-8(14)13-4-3-5-15-13/h2-6H2,1H3,(H,10,11,12). The van der Waals surface area contributed by atoms with Crippen LogP contribution < -0.4 is 5.32 Å². The van der Waals surface area contributed by atoms with Crippen LogP contribution in [0.5, 0.6) is 0 Å². The van der Waals surface area contributed by atoms with Crippen molar-refractivity contribution < 1.29 is 9.63 Å². The topological polar surface area (TPSA) is 67.4 Å². The summed E-state index contributed by atoms with van der Waals surface area (Å²) in [5, 5.41) is 5.03. The molecule has 0 bridgehead atoms. The number of hydroxylamine groups is 2. The monoisotopic (exact) mass is 242 g/mol. The molecule has 1 aliphatic rings. The van der Waals surface area contributed by atoms with Crippen LogP contribution in [-0.2, 0) is 16.1 Å². The average Bonchev–Trinajstić information content (AvgIpc) is 2.96. The number of aryl methyl sites for hydroxylation is 1. The summed E-state index contributed by atoms with van der Waals surface area (Å²) in [4.78, 5) is 20.9. The molecule has 88 valence electrons. The summed E-state index contributed by atoms with van der Waals surface area (Å²) in [6.07, 6.45) is 1.71. The second-order valence-corrected chi connectivity index (χ2v) is 4.16. The molecule has 0 aromatic carbocycles. The fourth-order valence-electron chi connectivity index (χ4n) is 1.35. The van der Waals surface area contributed by atoms with Crippen molar-refractivity contribution in [3.8, 4) is 0 Å². The van der Waals surface area contributed by atoms with Crippen molar-refractivity contribution >= 4 is 22.6 Å². The third kappa shape index (κ3) is 2.67. The molecule has 2 rings (SSSR count). The number of anilines is 1. The van der Waals surface area contributed by atoms with E-state index in [1.165, 1.54) is 16.6 Å². The van der Waals surface area contributed by atoms with Gasteiger partial charge >= 0.3 is 0 Å². The number of rotatable bonds is 4. The number of carbonyl (C=O) groups is 1. The highest BCUT2D eigenvalue weighted by Gasteiger charge is 2.19. The third-order valence-electron chi connectivity index (χ3n) is 2.21. The Morgan fingerprint density at radius 1 is 1.69 bits per heavy atom. The predicted octanol–water partition coefficient (Wildman–Crippen LogP) is 0.676. The highest BCUT2D eigenvalue weighted by molar-refractivity contribution is 7.09. The maximum atomic E-state index is 11.6. The first-order valence-electron chi connectivity index (χ1n) is 5.29. The molecule has 1 aromatic rings. The van der Waals surface area contributed by atoms with Gasteiger partial charge < -0.3 is 5.32 Å². The van der Waals surface area contributed by atoms with Gasteiger partial charge in [-0.15, -0.1) is 0 Å². The summed E-state index contributed by atoms with van der Waals surface area (Å²) in [5.41, 5.74) is 0. The summed E-state index contributed by atoms with van der Waals surface area (Å²) in [6.45, 7) is 3.51. The molecule has 6 nitrogen and oxygen atoms in total. The van der Waals surface area contributed by atoms with Crippen LogP contribution in [0.25, 0.3) is 0 Å². The molecule has 0 radical (unpaired) electrons. The van der Waals surface area contributed by atoms with Crippen LogP contribution in [0, 0.1) is 0 Å². The summed E-state index contributed by atoms with van der Waals surface area (Å²) < 4.78 is 4.12. The van der Waals surface area contributed by atoms with Crippen LogP contribution in [0.3, 0.4) is 0 Å². The van der Waals surface area contributed by atoms with Crippen molar-refractivity contribution in [3.05, 3.63) is 5.82 Å². The Bertz CT molecular complexity index is 362.